The first-order valence-electron chi connectivity index (χ1n) is 7.61. The molecule has 2 bridgehead atoms. The maximum atomic E-state index is 4.44. The third-order valence-electron chi connectivity index (χ3n) is 4.84. The maximum absolute atomic E-state index is 4.44. The number of fused-ring (bicyclic) bond motifs is 2. The van der Waals surface area contributed by atoms with Crippen LogP contribution in [0.3, 0.4) is 0 Å². The van der Waals surface area contributed by atoms with E-state index in [9.17, 15) is 0 Å². The number of hydrogen-bond acceptors (Lipinski definition) is 2. The van der Waals surface area contributed by atoms with Crippen LogP contribution in [-0.2, 0) is 6.54 Å². The molecule has 3 rings (SSSR count). The van der Waals surface area contributed by atoms with E-state index < -0.39 is 0 Å². The molecule has 3 atom stereocenters. The summed E-state index contributed by atoms with van der Waals surface area (Å²) in [4.78, 5) is 4.44. The van der Waals surface area contributed by atoms with Crippen LogP contribution in [-0.4, -0.2) is 16.1 Å². The van der Waals surface area contributed by atoms with E-state index in [1.54, 1.807) is 0 Å². The lowest BCUT2D eigenvalue weighted by molar-refractivity contribution is 0.297. The lowest BCUT2D eigenvalue weighted by Crippen LogP contribution is -2.18. The Morgan fingerprint density at radius 1 is 1.39 bits per heavy atom. The van der Waals surface area contributed by atoms with Crippen molar-refractivity contribution < 1.29 is 0 Å². The Balaban J connectivity index is 1.57. The van der Waals surface area contributed by atoms with Crippen LogP contribution in [0.15, 0.2) is 12.4 Å². The predicted octanol–water partition coefficient (Wildman–Crippen LogP) is 3.53. The van der Waals surface area contributed by atoms with Crippen molar-refractivity contribution in [3.8, 4) is 0 Å². The molecule has 0 saturated heterocycles. The molecular formula is C15H25N3. The molecule has 1 aromatic rings. The van der Waals surface area contributed by atoms with Crippen molar-refractivity contribution in [3.63, 3.8) is 0 Å². The molecule has 3 nitrogen and oxygen atoms in total. The molecule has 100 valence electrons. The second-order valence-corrected chi connectivity index (χ2v) is 6.12. The summed E-state index contributed by atoms with van der Waals surface area (Å²) in [6, 6.07) is 0. The minimum atomic E-state index is 0.907. The Labute approximate surface area is 110 Å². The highest BCUT2D eigenvalue weighted by Gasteiger charge is 2.39. The van der Waals surface area contributed by atoms with Gasteiger partial charge in [0.1, 0.15) is 0 Å². The minimum Gasteiger partial charge on any atom is -0.356 e. The topological polar surface area (TPSA) is 29.9 Å². The van der Waals surface area contributed by atoms with Crippen LogP contribution in [0.25, 0.3) is 0 Å². The standard InChI is InChI=1S/C15H25N3/c1-2-3-6-16-15-17-7-8-18(15)11-14-10-12-4-5-13(14)9-12/h7-8,12-14H,2-6,9-11H2,1H3,(H,16,17). The van der Waals surface area contributed by atoms with Gasteiger partial charge in [0, 0.05) is 25.5 Å². The van der Waals surface area contributed by atoms with E-state index in [0.717, 1.165) is 30.2 Å². The number of imidazole rings is 1. The number of anilines is 1. The minimum absolute atomic E-state index is 0.907. The lowest BCUT2D eigenvalue weighted by Gasteiger charge is -2.22. The molecule has 18 heavy (non-hydrogen) atoms. The largest absolute Gasteiger partial charge is 0.356 e. The van der Waals surface area contributed by atoms with Gasteiger partial charge in [0.05, 0.1) is 0 Å². The molecule has 1 N–H and O–H groups in total. The van der Waals surface area contributed by atoms with Crippen molar-refractivity contribution >= 4 is 5.95 Å². The predicted molar refractivity (Wildman–Crippen MR) is 74.6 cm³/mol. The molecule has 3 heteroatoms. The Morgan fingerprint density at radius 3 is 3.06 bits per heavy atom. The molecule has 2 aliphatic rings. The van der Waals surface area contributed by atoms with Gasteiger partial charge in [-0.25, -0.2) is 4.98 Å². The summed E-state index contributed by atoms with van der Waals surface area (Å²) in [6.07, 6.45) is 12.5. The van der Waals surface area contributed by atoms with E-state index in [-0.39, 0.29) is 0 Å². The van der Waals surface area contributed by atoms with Gasteiger partial charge < -0.3 is 9.88 Å². The SMILES string of the molecule is CCCCNc1nccn1CC1CC2CCC1C2. The number of hydrogen-bond donors (Lipinski definition) is 1. The molecule has 2 saturated carbocycles. The van der Waals surface area contributed by atoms with Crippen molar-refractivity contribution in [1.29, 1.82) is 0 Å². The van der Waals surface area contributed by atoms with Gasteiger partial charge in [0.2, 0.25) is 5.95 Å². The van der Waals surface area contributed by atoms with Crippen LogP contribution in [0.4, 0.5) is 5.95 Å². The summed E-state index contributed by atoms with van der Waals surface area (Å²) in [5.74, 6) is 4.02. The molecule has 0 aromatic carbocycles. The average molecular weight is 247 g/mol. The molecule has 0 amide bonds. The maximum Gasteiger partial charge on any atom is 0.202 e. The molecule has 0 radical (unpaired) electrons. The summed E-state index contributed by atoms with van der Waals surface area (Å²) in [7, 11) is 0. The summed E-state index contributed by atoms with van der Waals surface area (Å²) in [6.45, 7) is 4.45. The third-order valence-corrected chi connectivity index (χ3v) is 4.84. The Morgan fingerprint density at radius 2 is 2.33 bits per heavy atom. The van der Waals surface area contributed by atoms with Crippen LogP contribution >= 0.6 is 0 Å². The van der Waals surface area contributed by atoms with Gasteiger partial charge in [0.15, 0.2) is 0 Å². The zero-order chi connectivity index (χ0) is 12.4. The van der Waals surface area contributed by atoms with Crippen LogP contribution in [0, 0.1) is 17.8 Å². The van der Waals surface area contributed by atoms with Crippen LogP contribution < -0.4 is 5.32 Å². The zero-order valence-electron chi connectivity index (χ0n) is 11.4. The van der Waals surface area contributed by atoms with Gasteiger partial charge in [0.25, 0.3) is 0 Å². The molecule has 1 aromatic heterocycles. The van der Waals surface area contributed by atoms with Crippen LogP contribution in [0.1, 0.15) is 45.4 Å². The van der Waals surface area contributed by atoms with E-state index in [2.05, 4.69) is 28.0 Å². The molecule has 1 heterocycles. The van der Waals surface area contributed by atoms with Crippen molar-refractivity contribution in [2.24, 2.45) is 17.8 Å². The van der Waals surface area contributed by atoms with E-state index >= 15 is 0 Å². The lowest BCUT2D eigenvalue weighted by atomic mass is 9.89. The molecule has 2 fully saturated rings. The first kappa shape index (κ1) is 12.1. The second-order valence-electron chi connectivity index (χ2n) is 6.12. The number of aromatic nitrogens is 2. The van der Waals surface area contributed by atoms with Gasteiger partial charge in [-0.15, -0.1) is 0 Å². The normalized spacial score (nSPS) is 29.9. The third kappa shape index (κ3) is 2.40. The smallest absolute Gasteiger partial charge is 0.202 e. The number of nitrogens with one attached hydrogen (secondary N) is 1. The van der Waals surface area contributed by atoms with Crippen LogP contribution in [0.2, 0.25) is 0 Å². The summed E-state index contributed by atoms with van der Waals surface area (Å²) in [5.41, 5.74) is 0. The summed E-state index contributed by atoms with van der Waals surface area (Å²) >= 11 is 0. The highest BCUT2D eigenvalue weighted by Crippen LogP contribution is 2.48. The molecule has 2 aliphatic carbocycles. The quantitative estimate of drug-likeness (QED) is 0.779. The van der Waals surface area contributed by atoms with Gasteiger partial charge in [-0.05, 0) is 43.4 Å². The monoisotopic (exact) mass is 247 g/mol. The van der Waals surface area contributed by atoms with Crippen molar-refractivity contribution in [1.82, 2.24) is 9.55 Å². The van der Waals surface area contributed by atoms with E-state index in [1.165, 1.54) is 45.1 Å². The molecule has 3 unspecified atom stereocenters. The molecule has 0 aliphatic heterocycles. The fourth-order valence-electron chi connectivity index (χ4n) is 3.85. The van der Waals surface area contributed by atoms with Crippen molar-refractivity contribution in [3.05, 3.63) is 12.4 Å². The number of rotatable bonds is 6. The fraction of sp³-hybridized carbons (Fsp3) is 0.800. The zero-order valence-corrected chi connectivity index (χ0v) is 11.4. The Kier molecular flexibility index (Phi) is 3.57. The summed E-state index contributed by atoms with van der Waals surface area (Å²) < 4.78 is 2.33. The highest BCUT2D eigenvalue weighted by atomic mass is 15.2. The van der Waals surface area contributed by atoms with Gasteiger partial charge in [-0.2, -0.15) is 0 Å². The number of nitrogens with zero attached hydrogens (tertiary/aromatic N) is 2. The second kappa shape index (κ2) is 5.33. The van der Waals surface area contributed by atoms with Gasteiger partial charge in [-0.3, -0.25) is 0 Å². The van der Waals surface area contributed by atoms with E-state index in [1.807, 2.05) is 6.20 Å². The van der Waals surface area contributed by atoms with E-state index in [0.29, 0.717) is 0 Å². The fourth-order valence-corrected chi connectivity index (χ4v) is 3.85. The van der Waals surface area contributed by atoms with Gasteiger partial charge in [-0.1, -0.05) is 19.8 Å². The first-order chi connectivity index (χ1) is 8.86. The van der Waals surface area contributed by atoms with Crippen molar-refractivity contribution in [2.45, 2.75) is 52.0 Å². The average Bonchev–Trinajstić information content (AvgIpc) is 3.07. The van der Waals surface area contributed by atoms with Gasteiger partial charge >= 0.3 is 0 Å². The molecule has 0 spiro atoms. The molecular weight excluding hydrogens is 222 g/mol. The Hall–Kier alpha value is -0.990. The first-order valence-corrected chi connectivity index (χ1v) is 7.61. The van der Waals surface area contributed by atoms with E-state index in [4.69, 9.17) is 0 Å². The van der Waals surface area contributed by atoms with Crippen LogP contribution in [0.5, 0.6) is 0 Å². The number of unbranched alkanes of at least 4 members (excludes halogenated alkanes) is 1. The highest BCUT2D eigenvalue weighted by molar-refractivity contribution is 5.25. The van der Waals surface area contributed by atoms with Crippen molar-refractivity contribution in [2.75, 3.05) is 11.9 Å². The summed E-state index contributed by atoms with van der Waals surface area (Å²) in [5, 5.41) is 3.46. The Bertz CT molecular complexity index is 385.